The lowest BCUT2D eigenvalue weighted by Crippen LogP contribution is -2.30. The van der Waals surface area contributed by atoms with E-state index in [0.29, 0.717) is 25.7 Å². The molecular weight excluding hydrogens is 1140 g/mol. The fourth-order valence-electron chi connectivity index (χ4n) is 10.1. The van der Waals surface area contributed by atoms with Crippen molar-refractivity contribution in [3.63, 3.8) is 0 Å². The molecule has 0 bridgehead atoms. The SMILES string of the molecule is CCCCCCCCCCCCCCC(=O)O[C@H](COC(=O)CCCCCCCCCC)COP(=O)(O)OC[C@H](O)COP(=O)(O)OC[C@@H](COC(=O)CCCCCCCCCCCC(C)C)OC(=O)CCCCCCCCCCCCCC(C)C. The van der Waals surface area contributed by atoms with E-state index >= 15 is 0 Å². The van der Waals surface area contributed by atoms with Gasteiger partial charge >= 0.3 is 39.5 Å². The van der Waals surface area contributed by atoms with Crippen molar-refractivity contribution in [1.82, 2.24) is 0 Å². The highest BCUT2D eigenvalue weighted by Crippen LogP contribution is 2.45. The van der Waals surface area contributed by atoms with E-state index in [2.05, 4.69) is 41.5 Å². The number of aliphatic hydroxyl groups is 1. The zero-order valence-corrected chi connectivity index (χ0v) is 57.4. The summed E-state index contributed by atoms with van der Waals surface area (Å²) in [5.41, 5.74) is 0. The molecule has 0 aromatic carbocycles. The zero-order valence-electron chi connectivity index (χ0n) is 55.6. The second-order valence-electron chi connectivity index (χ2n) is 25.2. The summed E-state index contributed by atoms with van der Waals surface area (Å²) in [5.74, 6) is -0.621. The first-order chi connectivity index (χ1) is 41.4. The Labute approximate surface area is 524 Å². The molecule has 2 unspecified atom stereocenters. The van der Waals surface area contributed by atoms with Crippen LogP contribution in [-0.4, -0.2) is 96.7 Å². The molecule has 0 fully saturated rings. The third-order valence-electron chi connectivity index (χ3n) is 15.5. The van der Waals surface area contributed by atoms with Gasteiger partial charge in [0.1, 0.15) is 19.3 Å². The maximum absolute atomic E-state index is 13.0. The Morgan fingerprint density at radius 1 is 0.314 bits per heavy atom. The minimum atomic E-state index is -4.95. The van der Waals surface area contributed by atoms with Crippen LogP contribution in [0.15, 0.2) is 0 Å². The van der Waals surface area contributed by atoms with Crippen LogP contribution >= 0.6 is 15.6 Å². The van der Waals surface area contributed by atoms with Crippen molar-refractivity contribution >= 4 is 39.5 Å². The van der Waals surface area contributed by atoms with Gasteiger partial charge in [-0.2, -0.15) is 0 Å². The van der Waals surface area contributed by atoms with Crippen molar-refractivity contribution in [3.8, 4) is 0 Å². The van der Waals surface area contributed by atoms with Crippen LogP contribution in [0.4, 0.5) is 0 Å². The van der Waals surface area contributed by atoms with Crippen molar-refractivity contribution < 1.29 is 80.2 Å². The number of carbonyl (C=O) groups excluding carboxylic acids is 4. The van der Waals surface area contributed by atoms with E-state index in [4.69, 9.17) is 37.0 Å². The zero-order chi connectivity index (χ0) is 63.6. The molecule has 0 aliphatic heterocycles. The Balaban J connectivity index is 5.23. The number of phosphoric acid groups is 2. The van der Waals surface area contributed by atoms with Gasteiger partial charge in [-0.15, -0.1) is 0 Å². The second-order valence-corrected chi connectivity index (χ2v) is 28.1. The predicted octanol–water partition coefficient (Wildman–Crippen LogP) is 18.8. The summed E-state index contributed by atoms with van der Waals surface area (Å²) in [6, 6.07) is 0. The standard InChI is InChI=1S/C67H130O17P2/c1-7-9-11-13-15-17-18-21-26-33-39-45-51-66(71)83-62(55-77-64(69)49-43-37-31-16-14-12-10-8-2)57-81-85(73,74)79-53-61(68)54-80-86(75,76)82-58-63(56-78-65(70)50-44-38-32-28-23-25-30-36-42-48-60(5)6)84-67(72)52-46-40-34-27-22-19-20-24-29-35-41-47-59(3)4/h59-63,68H,7-58H2,1-6H3,(H,73,74)(H,75,76)/t61-,62+,63+/m0/s1. The van der Waals surface area contributed by atoms with Crippen LogP contribution < -0.4 is 0 Å². The highest BCUT2D eigenvalue weighted by atomic mass is 31.2. The number of rotatable bonds is 66. The molecule has 5 atom stereocenters. The second kappa shape index (κ2) is 59.4. The van der Waals surface area contributed by atoms with E-state index in [1.807, 2.05) is 0 Å². The molecule has 17 nitrogen and oxygen atoms in total. The molecule has 0 aliphatic carbocycles. The van der Waals surface area contributed by atoms with E-state index in [-0.39, 0.29) is 25.7 Å². The fraction of sp³-hybridized carbons (Fsp3) is 0.940. The molecule has 0 radical (unpaired) electrons. The Morgan fingerprint density at radius 2 is 0.535 bits per heavy atom. The minimum Gasteiger partial charge on any atom is -0.462 e. The van der Waals surface area contributed by atoms with Crippen LogP contribution in [0.1, 0.15) is 337 Å². The Hall–Kier alpha value is -1.94. The van der Waals surface area contributed by atoms with E-state index < -0.39 is 97.5 Å². The molecule has 0 saturated heterocycles. The van der Waals surface area contributed by atoms with Crippen molar-refractivity contribution in [2.75, 3.05) is 39.6 Å². The Kier molecular flexibility index (Phi) is 58.0. The third kappa shape index (κ3) is 60.9. The highest BCUT2D eigenvalue weighted by molar-refractivity contribution is 7.47. The number of hydrogen-bond donors (Lipinski definition) is 3. The molecule has 86 heavy (non-hydrogen) atoms. The average Bonchev–Trinajstić information content (AvgIpc) is 3.64. The van der Waals surface area contributed by atoms with Gasteiger partial charge in [0.05, 0.1) is 26.4 Å². The summed E-state index contributed by atoms with van der Waals surface area (Å²) in [7, 11) is -9.89. The summed E-state index contributed by atoms with van der Waals surface area (Å²) < 4.78 is 68.1. The molecule has 0 heterocycles. The van der Waals surface area contributed by atoms with Gasteiger partial charge in [-0.1, -0.05) is 286 Å². The van der Waals surface area contributed by atoms with Crippen molar-refractivity contribution in [3.05, 3.63) is 0 Å². The van der Waals surface area contributed by atoms with Crippen LogP contribution in [0.2, 0.25) is 0 Å². The first-order valence-electron chi connectivity index (χ1n) is 35.0. The van der Waals surface area contributed by atoms with Crippen LogP contribution in [0.5, 0.6) is 0 Å². The number of esters is 4. The maximum atomic E-state index is 13.0. The number of phosphoric ester groups is 2. The lowest BCUT2D eigenvalue weighted by atomic mass is 10.0. The summed E-state index contributed by atoms with van der Waals surface area (Å²) >= 11 is 0. The summed E-state index contributed by atoms with van der Waals surface area (Å²) in [6.07, 6.45) is 43.0. The number of aliphatic hydroxyl groups excluding tert-OH is 1. The molecule has 0 aromatic heterocycles. The third-order valence-corrected chi connectivity index (χ3v) is 17.4. The van der Waals surface area contributed by atoms with E-state index in [1.165, 1.54) is 148 Å². The van der Waals surface area contributed by atoms with Gasteiger partial charge in [-0.05, 0) is 37.5 Å². The summed E-state index contributed by atoms with van der Waals surface area (Å²) in [4.78, 5) is 72.3. The first-order valence-corrected chi connectivity index (χ1v) is 38.0. The molecule has 3 N–H and O–H groups in total. The van der Waals surface area contributed by atoms with Gasteiger partial charge in [-0.3, -0.25) is 37.3 Å². The van der Waals surface area contributed by atoms with E-state index in [1.54, 1.807) is 0 Å². The van der Waals surface area contributed by atoms with Gasteiger partial charge in [0.15, 0.2) is 12.2 Å². The molecule has 0 amide bonds. The smallest absolute Gasteiger partial charge is 0.462 e. The van der Waals surface area contributed by atoms with Crippen LogP contribution in [-0.2, 0) is 65.4 Å². The van der Waals surface area contributed by atoms with Crippen LogP contribution in [0.3, 0.4) is 0 Å². The number of ether oxygens (including phenoxy) is 4. The molecular formula is C67H130O17P2. The lowest BCUT2D eigenvalue weighted by molar-refractivity contribution is -0.161. The average molecular weight is 1270 g/mol. The molecule has 0 spiro atoms. The van der Waals surface area contributed by atoms with Gasteiger partial charge in [0.2, 0.25) is 0 Å². The van der Waals surface area contributed by atoms with Crippen LogP contribution in [0.25, 0.3) is 0 Å². The molecule has 19 heteroatoms. The van der Waals surface area contributed by atoms with E-state index in [0.717, 1.165) is 108 Å². The van der Waals surface area contributed by atoms with Crippen molar-refractivity contribution in [1.29, 1.82) is 0 Å². The van der Waals surface area contributed by atoms with Gasteiger partial charge in [-0.25, -0.2) is 9.13 Å². The number of unbranched alkanes of at least 4 members (excludes halogenated alkanes) is 36. The minimum absolute atomic E-state index is 0.106. The molecule has 0 saturated carbocycles. The van der Waals surface area contributed by atoms with Gasteiger partial charge in [0, 0.05) is 25.7 Å². The fourth-order valence-corrected chi connectivity index (χ4v) is 11.6. The number of hydrogen-bond acceptors (Lipinski definition) is 15. The molecule has 0 aromatic rings. The molecule has 0 rings (SSSR count). The maximum Gasteiger partial charge on any atom is 0.472 e. The van der Waals surface area contributed by atoms with Gasteiger partial charge in [0.25, 0.3) is 0 Å². The summed E-state index contributed by atoms with van der Waals surface area (Å²) in [6.45, 7) is 9.48. The van der Waals surface area contributed by atoms with Crippen molar-refractivity contribution in [2.24, 2.45) is 11.8 Å². The Morgan fingerprint density at radius 3 is 0.791 bits per heavy atom. The largest absolute Gasteiger partial charge is 0.472 e. The topological polar surface area (TPSA) is 237 Å². The highest BCUT2D eigenvalue weighted by Gasteiger charge is 2.30. The van der Waals surface area contributed by atoms with Crippen molar-refractivity contribution in [2.45, 2.75) is 355 Å². The molecule has 0 aliphatic rings. The quantitative estimate of drug-likeness (QED) is 0.0222. The predicted molar refractivity (Wildman–Crippen MR) is 345 cm³/mol. The number of carbonyl (C=O) groups is 4. The normalized spacial score (nSPS) is 14.2. The molecule has 510 valence electrons. The Bertz CT molecular complexity index is 1680. The lowest BCUT2D eigenvalue weighted by Gasteiger charge is -2.21. The first kappa shape index (κ1) is 84.1. The van der Waals surface area contributed by atoms with E-state index in [9.17, 15) is 43.2 Å². The monoisotopic (exact) mass is 1270 g/mol. The van der Waals surface area contributed by atoms with Gasteiger partial charge < -0.3 is 33.8 Å². The van der Waals surface area contributed by atoms with Crippen LogP contribution in [0, 0.1) is 11.8 Å². The summed E-state index contributed by atoms with van der Waals surface area (Å²) in [5, 5.41) is 10.6.